The van der Waals surface area contributed by atoms with Crippen molar-refractivity contribution in [3.8, 4) is 28.0 Å². The molecule has 0 amide bonds. The minimum Gasteiger partial charge on any atom is -0.496 e. The minimum absolute atomic E-state index is 0.417. The summed E-state index contributed by atoms with van der Waals surface area (Å²) in [6, 6.07) is 15.7. The molecule has 3 nitrogen and oxygen atoms in total. The Morgan fingerprint density at radius 3 is 2.03 bits per heavy atom. The van der Waals surface area contributed by atoms with Gasteiger partial charge in [-0.3, -0.25) is 0 Å². The number of alkyl halides is 3. The number of rotatable bonds is 4. The van der Waals surface area contributed by atoms with Crippen LogP contribution in [0.3, 0.4) is 0 Å². The number of hydrogen-bond donors (Lipinski definition) is 0. The van der Waals surface area contributed by atoms with Crippen molar-refractivity contribution < 1.29 is 27.4 Å². The number of aryl methyl sites for hydroxylation is 1. The van der Waals surface area contributed by atoms with E-state index in [4.69, 9.17) is 9.47 Å². The van der Waals surface area contributed by atoms with Gasteiger partial charge in [0.15, 0.2) is 0 Å². The average molecular weight is 400 g/mol. The molecule has 150 valence electrons. The van der Waals surface area contributed by atoms with Crippen molar-refractivity contribution in [3.05, 3.63) is 77.4 Å². The van der Waals surface area contributed by atoms with E-state index >= 15 is 0 Å². The molecule has 0 radical (unpaired) electrons. The SMILES string of the molecule is COC(=O)c1ccc(-c2ccc(OC)c(-c3ccc(C(F)(F)F)cc3)c2)c(C)c1. The van der Waals surface area contributed by atoms with E-state index in [1.165, 1.54) is 26.4 Å². The molecule has 0 aliphatic carbocycles. The highest BCUT2D eigenvalue weighted by Gasteiger charge is 2.30. The highest BCUT2D eigenvalue weighted by molar-refractivity contribution is 5.91. The van der Waals surface area contributed by atoms with Gasteiger partial charge in [0.05, 0.1) is 25.3 Å². The second kappa shape index (κ2) is 7.99. The largest absolute Gasteiger partial charge is 0.496 e. The van der Waals surface area contributed by atoms with Crippen LogP contribution in [0.1, 0.15) is 21.5 Å². The fourth-order valence-electron chi connectivity index (χ4n) is 3.17. The van der Waals surface area contributed by atoms with Gasteiger partial charge in [-0.25, -0.2) is 4.79 Å². The van der Waals surface area contributed by atoms with Crippen molar-refractivity contribution in [1.82, 2.24) is 0 Å². The van der Waals surface area contributed by atoms with Crippen LogP contribution < -0.4 is 4.74 Å². The van der Waals surface area contributed by atoms with Crippen molar-refractivity contribution in [1.29, 1.82) is 0 Å². The van der Waals surface area contributed by atoms with E-state index in [2.05, 4.69) is 0 Å². The Kier molecular flexibility index (Phi) is 5.64. The summed E-state index contributed by atoms with van der Waals surface area (Å²) in [5.41, 5.74) is 3.66. The molecule has 0 spiro atoms. The van der Waals surface area contributed by atoms with Crippen molar-refractivity contribution in [2.75, 3.05) is 14.2 Å². The molecule has 0 bridgehead atoms. The molecule has 0 aliphatic rings. The number of carbonyl (C=O) groups is 1. The summed E-state index contributed by atoms with van der Waals surface area (Å²) in [5.74, 6) is 0.136. The first-order chi connectivity index (χ1) is 13.7. The number of ether oxygens (including phenoxy) is 2. The van der Waals surface area contributed by atoms with Crippen LogP contribution in [0.5, 0.6) is 5.75 Å². The van der Waals surface area contributed by atoms with E-state index in [1.807, 2.05) is 25.1 Å². The molecule has 3 aromatic carbocycles. The van der Waals surface area contributed by atoms with Crippen LogP contribution in [0.15, 0.2) is 60.7 Å². The molecule has 0 unspecified atom stereocenters. The van der Waals surface area contributed by atoms with E-state index in [0.29, 0.717) is 22.4 Å². The lowest BCUT2D eigenvalue weighted by atomic mass is 9.94. The highest BCUT2D eigenvalue weighted by atomic mass is 19.4. The molecule has 0 saturated carbocycles. The molecule has 0 aromatic heterocycles. The highest BCUT2D eigenvalue weighted by Crippen LogP contribution is 2.37. The number of benzene rings is 3. The molecular weight excluding hydrogens is 381 g/mol. The van der Waals surface area contributed by atoms with Gasteiger partial charge in [0.1, 0.15) is 5.75 Å². The lowest BCUT2D eigenvalue weighted by Crippen LogP contribution is -2.04. The van der Waals surface area contributed by atoms with Gasteiger partial charge in [0.2, 0.25) is 0 Å². The minimum atomic E-state index is -4.39. The molecule has 0 heterocycles. The topological polar surface area (TPSA) is 35.5 Å². The number of halogens is 3. The molecule has 0 aliphatic heterocycles. The summed E-state index contributed by atoms with van der Waals surface area (Å²) < 4.78 is 48.7. The zero-order valence-corrected chi connectivity index (χ0v) is 16.1. The zero-order valence-electron chi connectivity index (χ0n) is 16.1. The molecule has 0 atom stereocenters. The maximum absolute atomic E-state index is 12.9. The Hall–Kier alpha value is -3.28. The van der Waals surface area contributed by atoms with E-state index in [-0.39, 0.29) is 0 Å². The van der Waals surface area contributed by atoms with E-state index < -0.39 is 17.7 Å². The molecular formula is C23H19F3O3. The van der Waals surface area contributed by atoms with Gasteiger partial charge in [-0.15, -0.1) is 0 Å². The Balaban J connectivity index is 2.05. The van der Waals surface area contributed by atoms with Gasteiger partial charge in [-0.2, -0.15) is 13.2 Å². The molecule has 29 heavy (non-hydrogen) atoms. The average Bonchev–Trinajstić information content (AvgIpc) is 2.72. The van der Waals surface area contributed by atoms with Crippen LogP contribution in [0.25, 0.3) is 22.3 Å². The van der Waals surface area contributed by atoms with Crippen molar-refractivity contribution >= 4 is 5.97 Å². The second-order valence-electron chi connectivity index (χ2n) is 6.51. The maximum atomic E-state index is 12.9. The number of methoxy groups -OCH3 is 2. The molecule has 0 saturated heterocycles. The summed E-state index contributed by atoms with van der Waals surface area (Å²) in [4.78, 5) is 11.7. The van der Waals surface area contributed by atoms with E-state index in [0.717, 1.165) is 28.8 Å². The summed E-state index contributed by atoms with van der Waals surface area (Å²) in [7, 11) is 2.84. The van der Waals surface area contributed by atoms with E-state index in [1.54, 1.807) is 18.2 Å². The van der Waals surface area contributed by atoms with Crippen molar-refractivity contribution in [3.63, 3.8) is 0 Å². The van der Waals surface area contributed by atoms with Gasteiger partial charge >= 0.3 is 12.1 Å². The molecule has 6 heteroatoms. The van der Waals surface area contributed by atoms with Gasteiger partial charge in [0, 0.05) is 5.56 Å². The third kappa shape index (κ3) is 4.26. The van der Waals surface area contributed by atoms with Crippen molar-refractivity contribution in [2.24, 2.45) is 0 Å². The predicted molar refractivity (Wildman–Crippen MR) is 105 cm³/mol. The Bertz CT molecular complexity index is 1040. The standard InChI is InChI=1S/C23H19F3O3/c1-14-12-17(22(27)29-3)6-10-19(14)16-7-11-21(28-2)20(13-16)15-4-8-18(9-5-15)23(24,25)26/h4-13H,1-3H3. The third-order valence-corrected chi connectivity index (χ3v) is 4.68. The smallest absolute Gasteiger partial charge is 0.416 e. The molecule has 0 N–H and O–H groups in total. The van der Waals surface area contributed by atoms with Crippen LogP contribution in [-0.2, 0) is 10.9 Å². The van der Waals surface area contributed by atoms with Crippen LogP contribution in [0, 0.1) is 6.92 Å². The first kappa shape index (κ1) is 20.5. The Morgan fingerprint density at radius 2 is 1.48 bits per heavy atom. The summed E-state index contributed by atoms with van der Waals surface area (Å²) >= 11 is 0. The maximum Gasteiger partial charge on any atom is 0.416 e. The predicted octanol–water partition coefficient (Wildman–Crippen LogP) is 6.14. The number of hydrogen-bond acceptors (Lipinski definition) is 3. The number of esters is 1. The first-order valence-electron chi connectivity index (χ1n) is 8.79. The normalized spacial score (nSPS) is 11.2. The van der Waals surface area contributed by atoms with Gasteiger partial charge < -0.3 is 9.47 Å². The monoisotopic (exact) mass is 400 g/mol. The molecule has 3 aromatic rings. The van der Waals surface area contributed by atoms with Crippen LogP contribution in [-0.4, -0.2) is 20.2 Å². The third-order valence-electron chi connectivity index (χ3n) is 4.68. The molecule has 0 fully saturated rings. The lowest BCUT2D eigenvalue weighted by Gasteiger charge is -2.14. The van der Waals surface area contributed by atoms with E-state index in [9.17, 15) is 18.0 Å². The van der Waals surface area contributed by atoms with Crippen LogP contribution >= 0.6 is 0 Å². The molecule has 3 rings (SSSR count). The van der Waals surface area contributed by atoms with Crippen LogP contribution in [0.4, 0.5) is 13.2 Å². The van der Waals surface area contributed by atoms with Gasteiger partial charge in [-0.1, -0.05) is 24.3 Å². The lowest BCUT2D eigenvalue weighted by molar-refractivity contribution is -0.137. The summed E-state index contributed by atoms with van der Waals surface area (Å²) in [5, 5.41) is 0. The Morgan fingerprint density at radius 1 is 0.828 bits per heavy atom. The fraction of sp³-hybridized carbons (Fsp3) is 0.174. The Labute approximate surface area is 166 Å². The fourth-order valence-corrected chi connectivity index (χ4v) is 3.17. The summed E-state index contributed by atoms with van der Waals surface area (Å²) in [6.07, 6.45) is -4.39. The van der Waals surface area contributed by atoms with Crippen molar-refractivity contribution in [2.45, 2.75) is 13.1 Å². The van der Waals surface area contributed by atoms with Gasteiger partial charge in [-0.05, 0) is 65.6 Å². The van der Waals surface area contributed by atoms with Crippen LogP contribution in [0.2, 0.25) is 0 Å². The zero-order chi connectivity index (χ0) is 21.2. The first-order valence-corrected chi connectivity index (χ1v) is 8.79. The summed E-state index contributed by atoms with van der Waals surface area (Å²) in [6.45, 7) is 1.88. The quantitative estimate of drug-likeness (QED) is 0.493. The van der Waals surface area contributed by atoms with Gasteiger partial charge in [0.25, 0.3) is 0 Å². The second-order valence-corrected chi connectivity index (χ2v) is 6.51. The number of carbonyl (C=O) groups excluding carboxylic acids is 1.